The van der Waals surface area contributed by atoms with Crippen molar-refractivity contribution in [2.24, 2.45) is 5.41 Å². The van der Waals surface area contributed by atoms with Gasteiger partial charge in [-0.3, -0.25) is 4.79 Å². The fourth-order valence-electron chi connectivity index (χ4n) is 3.94. The molecule has 1 saturated heterocycles. The van der Waals surface area contributed by atoms with Gasteiger partial charge in [-0.15, -0.1) is 0 Å². The number of benzene rings is 1. The van der Waals surface area contributed by atoms with Crippen LogP contribution in [0.1, 0.15) is 41.6 Å². The molecule has 3 aliphatic rings. The maximum Gasteiger partial charge on any atom is 0.169 e. The molecule has 1 saturated carbocycles. The van der Waals surface area contributed by atoms with Crippen molar-refractivity contribution in [1.82, 2.24) is 0 Å². The standard InChI is InChI=1S/C16H17BrO3/c17-12-2-1-11-10-15(14(18)13(11)9-12)3-5-16(6-4-15)19-7-8-20-16/h1-2,9H,3-8,10H2. The zero-order valence-electron chi connectivity index (χ0n) is 11.3. The second-order valence-electron chi connectivity index (χ2n) is 6.20. The fourth-order valence-corrected chi connectivity index (χ4v) is 4.30. The van der Waals surface area contributed by atoms with E-state index in [9.17, 15) is 4.79 Å². The van der Waals surface area contributed by atoms with Crippen LogP contribution in [0.2, 0.25) is 0 Å². The third-order valence-electron chi connectivity index (χ3n) is 5.11. The van der Waals surface area contributed by atoms with Crippen molar-refractivity contribution in [3.05, 3.63) is 33.8 Å². The molecule has 0 atom stereocenters. The molecule has 0 bridgehead atoms. The Labute approximate surface area is 126 Å². The predicted molar refractivity (Wildman–Crippen MR) is 77.7 cm³/mol. The summed E-state index contributed by atoms with van der Waals surface area (Å²) in [4.78, 5) is 12.8. The number of carbonyl (C=O) groups is 1. The van der Waals surface area contributed by atoms with Crippen LogP contribution in [0.3, 0.4) is 0 Å². The molecule has 3 nitrogen and oxygen atoms in total. The number of carbonyl (C=O) groups excluding carboxylic acids is 1. The van der Waals surface area contributed by atoms with Gasteiger partial charge in [-0.2, -0.15) is 0 Å². The first-order valence-corrected chi connectivity index (χ1v) is 8.03. The number of Topliss-reactive ketones (excluding diaryl/α,β-unsaturated/α-hetero) is 1. The second-order valence-corrected chi connectivity index (χ2v) is 7.11. The van der Waals surface area contributed by atoms with E-state index in [-0.39, 0.29) is 11.2 Å². The first-order valence-electron chi connectivity index (χ1n) is 7.24. The maximum absolute atomic E-state index is 12.8. The molecule has 2 fully saturated rings. The smallest absolute Gasteiger partial charge is 0.169 e. The number of ketones is 1. The van der Waals surface area contributed by atoms with Gasteiger partial charge >= 0.3 is 0 Å². The highest BCUT2D eigenvalue weighted by atomic mass is 79.9. The molecule has 0 aromatic heterocycles. The van der Waals surface area contributed by atoms with Crippen molar-refractivity contribution in [3.63, 3.8) is 0 Å². The first-order chi connectivity index (χ1) is 9.63. The molecule has 4 heteroatoms. The number of ether oxygens (including phenoxy) is 2. The predicted octanol–water partition coefficient (Wildman–Crippen LogP) is 3.49. The number of fused-ring (bicyclic) bond motifs is 1. The van der Waals surface area contributed by atoms with Crippen LogP contribution in [-0.2, 0) is 15.9 Å². The summed E-state index contributed by atoms with van der Waals surface area (Å²) in [6, 6.07) is 6.08. The van der Waals surface area contributed by atoms with Crippen LogP contribution >= 0.6 is 15.9 Å². The molecule has 1 heterocycles. The van der Waals surface area contributed by atoms with Crippen LogP contribution in [0.5, 0.6) is 0 Å². The molecule has 0 N–H and O–H groups in total. The largest absolute Gasteiger partial charge is 0.348 e. The van der Waals surface area contributed by atoms with Crippen molar-refractivity contribution < 1.29 is 14.3 Å². The van der Waals surface area contributed by atoms with Gasteiger partial charge in [-0.1, -0.05) is 22.0 Å². The van der Waals surface area contributed by atoms with E-state index in [1.165, 1.54) is 5.56 Å². The maximum atomic E-state index is 12.8. The molecule has 2 aliphatic carbocycles. The van der Waals surface area contributed by atoms with Crippen LogP contribution in [0.25, 0.3) is 0 Å². The number of hydrogen-bond acceptors (Lipinski definition) is 3. The van der Waals surface area contributed by atoms with Gasteiger partial charge in [0.1, 0.15) is 0 Å². The van der Waals surface area contributed by atoms with Crippen LogP contribution in [0.15, 0.2) is 22.7 Å². The van der Waals surface area contributed by atoms with Crippen LogP contribution < -0.4 is 0 Å². The van der Waals surface area contributed by atoms with E-state index < -0.39 is 0 Å². The Bertz CT molecular complexity index is 565. The Balaban J connectivity index is 1.60. The monoisotopic (exact) mass is 336 g/mol. The first kappa shape index (κ1) is 13.0. The van der Waals surface area contributed by atoms with Gasteiger partial charge in [0, 0.05) is 28.3 Å². The highest BCUT2D eigenvalue weighted by Crippen LogP contribution is 2.51. The molecular formula is C16H17BrO3. The van der Waals surface area contributed by atoms with E-state index >= 15 is 0 Å². The van der Waals surface area contributed by atoms with Gasteiger partial charge in [0.15, 0.2) is 11.6 Å². The van der Waals surface area contributed by atoms with Crippen molar-refractivity contribution in [2.75, 3.05) is 13.2 Å². The third-order valence-corrected chi connectivity index (χ3v) is 5.60. The van der Waals surface area contributed by atoms with E-state index in [0.29, 0.717) is 19.0 Å². The Morgan fingerprint density at radius 2 is 1.75 bits per heavy atom. The summed E-state index contributed by atoms with van der Waals surface area (Å²) in [5.74, 6) is -0.0670. The number of hydrogen-bond donors (Lipinski definition) is 0. The minimum atomic E-state index is -0.388. The zero-order chi connectivity index (χ0) is 13.8. The second kappa shape index (κ2) is 4.39. The lowest BCUT2D eigenvalue weighted by molar-refractivity contribution is -0.187. The Morgan fingerprint density at radius 3 is 2.45 bits per heavy atom. The minimum absolute atomic E-state index is 0.205. The Morgan fingerprint density at radius 1 is 1.05 bits per heavy atom. The molecule has 4 rings (SSSR count). The number of rotatable bonds is 0. The van der Waals surface area contributed by atoms with Crippen LogP contribution in [0.4, 0.5) is 0 Å². The molecule has 0 unspecified atom stereocenters. The molecule has 0 radical (unpaired) electrons. The van der Waals surface area contributed by atoms with E-state index in [1.807, 2.05) is 12.1 Å². The topological polar surface area (TPSA) is 35.5 Å². The van der Waals surface area contributed by atoms with Gasteiger partial charge in [0.2, 0.25) is 0 Å². The van der Waals surface area contributed by atoms with Gasteiger partial charge < -0.3 is 9.47 Å². The van der Waals surface area contributed by atoms with Crippen LogP contribution in [-0.4, -0.2) is 24.8 Å². The van der Waals surface area contributed by atoms with Crippen molar-refractivity contribution in [1.29, 1.82) is 0 Å². The summed E-state index contributed by atoms with van der Waals surface area (Å²) in [6.07, 6.45) is 4.31. The summed E-state index contributed by atoms with van der Waals surface area (Å²) in [5, 5.41) is 0. The van der Waals surface area contributed by atoms with E-state index in [1.54, 1.807) is 0 Å². The number of halogens is 1. The SMILES string of the molecule is O=C1c2cc(Br)ccc2CC12CCC1(CC2)OCCO1. The molecule has 1 aliphatic heterocycles. The van der Waals surface area contributed by atoms with Gasteiger partial charge in [-0.25, -0.2) is 0 Å². The summed E-state index contributed by atoms with van der Waals surface area (Å²) in [7, 11) is 0. The van der Waals surface area contributed by atoms with E-state index in [4.69, 9.17) is 9.47 Å². The molecule has 1 aromatic carbocycles. The zero-order valence-corrected chi connectivity index (χ0v) is 12.9. The summed E-state index contributed by atoms with van der Waals surface area (Å²) in [6.45, 7) is 1.38. The highest BCUT2D eigenvalue weighted by molar-refractivity contribution is 9.10. The molecule has 0 amide bonds. The average molecular weight is 337 g/mol. The molecule has 2 spiro atoms. The lowest BCUT2D eigenvalue weighted by Gasteiger charge is -2.40. The van der Waals surface area contributed by atoms with Gasteiger partial charge in [-0.05, 0) is 37.0 Å². The molecule has 20 heavy (non-hydrogen) atoms. The van der Waals surface area contributed by atoms with E-state index in [0.717, 1.165) is 42.1 Å². The normalized spacial score (nSPS) is 26.4. The Kier molecular flexibility index (Phi) is 2.85. The quantitative estimate of drug-likeness (QED) is 0.727. The van der Waals surface area contributed by atoms with Crippen LogP contribution in [0, 0.1) is 5.41 Å². The van der Waals surface area contributed by atoms with Crippen molar-refractivity contribution in [3.8, 4) is 0 Å². The Hall–Kier alpha value is -0.710. The molecule has 1 aromatic rings. The summed E-state index contributed by atoms with van der Waals surface area (Å²) >= 11 is 3.46. The molecule has 106 valence electrons. The lowest BCUT2D eigenvalue weighted by atomic mass is 9.69. The molecular weight excluding hydrogens is 320 g/mol. The highest BCUT2D eigenvalue weighted by Gasteiger charge is 2.52. The fraction of sp³-hybridized carbons (Fsp3) is 0.562. The van der Waals surface area contributed by atoms with Gasteiger partial charge in [0.25, 0.3) is 0 Å². The van der Waals surface area contributed by atoms with Gasteiger partial charge in [0.05, 0.1) is 13.2 Å². The van der Waals surface area contributed by atoms with Crippen molar-refractivity contribution >= 4 is 21.7 Å². The minimum Gasteiger partial charge on any atom is -0.348 e. The summed E-state index contributed by atoms with van der Waals surface area (Å²) < 4.78 is 12.5. The summed E-state index contributed by atoms with van der Waals surface area (Å²) in [5.41, 5.74) is 1.90. The third kappa shape index (κ3) is 1.81. The van der Waals surface area contributed by atoms with Crippen molar-refractivity contribution in [2.45, 2.75) is 37.9 Å². The van der Waals surface area contributed by atoms with E-state index in [2.05, 4.69) is 22.0 Å². The average Bonchev–Trinajstić information content (AvgIpc) is 3.00. The lowest BCUT2D eigenvalue weighted by Crippen LogP contribution is -2.42.